The number of anilines is 1. The molecule has 4 aromatic rings. The molecule has 0 aliphatic carbocycles. The maximum Gasteiger partial charge on any atom is 0.311 e. The summed E-state index contributed by atoms with van der Waals surface area (Å²) in [5, 5.41) is 13.9. The molecule has 0 saturated carbocycles. The van der Waals surface area contributed by atoms with Crippen molar-refractivity contribution < 1.29 is 18.9 Å². The molecule has 8 heteroatoms. The number of hydrogen-bond donors (Lipinski definition) is 1. The van der Waals surface area contributed by atoms with Crippen LogP contribution in [0.4, 0.5) is 11.4 Å². The number of nitro groups is 1. The van der Waals surface area contributed by atoms with Gasteiger partial charge in [0.1, 0.15) is 5.52 Å². The summed E-state index contributed by atoms with van der Waals surface area (Å²) in [5.41, 5.74) is 3.52. The highest BCUT2D eigenvalue weighted by Crippen LogP contribution is 2.29. The van der Waals surface area contributed by atoms with E-state index < -0.39 is 10.8 Å². The lowest BCUT2D eigenvalue weighted by Gasteiger charge is -2.06. The highest BCUT2D eigenvalue weighted by Gasteiger charge is 2.18. The van der Waals surface area contributed by atoms with Crippen LogP contribution in [0.3, 0.4) is 0 Å². The fraction of sp³-hybridized carbons (Fsp3) is 0.0909. The Labute approximate surface area is 171 Å². The number of benzene rings is 3. The zero-order chi connectivity index (χ0) is 21.3. The van der Waals surface area contributed by atoms with Crippen molar-refractivity contribution in [1.82, 2.24) is 4.98 Å². The van der Waals surface area contributed by atoms with E-state index in [0.29, 0.717) is 22.7 Å². The summed E-state index contributed by atoms with van der Waals surface area (Å²) in [7, 11) is 1.33. The van der Waals surface area contributed by atoms with Crippen LogP contribution in [0.5, 0.6) is 5.75 Å². The van der Waals surface area contributed by atoms with Crippen molar-refractivity contribution in [3.05, 3.63) is 81.9 Å². The standard InChI is InChI=1S/C22H17N3O5/c1-13-3-5-14(6-4-13)22-24-17-12-16(8-10-19(17)30-22)23-21(26)15-7-9-20(29-2)18(11-15)25(27)28/h3-12H,1-2H3,(H,23,26). The van der Waals surface area contributed by atoms with Crippen LogP contribution in [0, 0.1) is 17.0 Å². The number of fused-ring (bicyclic) bond motifs is 1. The van der Waals surface area contributed by atoms with E-state index in [2.05, 4.69) is 10.3 Å². The van der Waals surface area contributed by atoms with Gasteiger partial charge in [0.25, 0.3) is 5.91 Å². The lowest BCUT2D eigenvalue weighted by atomic mass is 10.1. The van der Waals surface area contributed by atoms with Crippen molar-refractivity contribution in [1.29, 1.82) is 0 Å². The van der Waals surface area contributed by atoms with Gasteiger partial charge in [0, 0.05) is 22.9 Å². The van der Waals surface area contributed by atoms with Crippen LogP contribution in [-0.2, 0) is 0 Å². The van der Waals surface area contributed by atoms with Gasteiger partial charge in [-0.3, -0.25) is 14.9 Å². The van der Waals surface area contributed by atoms with Crippen molar-refractivity contribution in [3.8, 4) is 17.2 Å². The predicted octanol–water partition coefficient (Wildman–Crippen LogP) is 4.97. The topological polar surface area (TPSA) is 108 Å². The van der Waals surface area contributed by atoms with Gasteiger partial charge in [-0.2, -0.15) is 0 Å². The molecule has 3 aromatic carbocycles. The van der Waals surface area contributed by atoms with Gasteiger partial charge in [0.05, 0.1) is 12.0 Å². The summed E-state index contributed by atoms with van der Waals surface area (Å²) in [6.45, 7) is 2.00. The van der Waals surface area contributed by atoms with Gasteiger partial charge >= 0.3 is 5.69 Å². The summed E-state index contributed by atoms with van der Waals surface area (Å²) in [6, 6.07) is 16.9. The molecule has 150 valence electrons. The molecule has 1 amide bonds. The maximum absolute atomic E-state index is 12.6. The number of methoxy groups -OCH3 is 1. The number of nitro benzene ring substituents is 1. The first-order valence-electron chi connectivity index (χ1n) is 9.06. The van der Waals surface area contributed by atoms with E-state index in [0.717, 1.165) is 11.1 Å². The number of hydrogen-bond acceptors (Lipinski definition) is 6. The van der Waals surface area contributed by atoms with Crippen LogP contribution in [0.2, 0.25) is 0 Å². The molecule has 1 heterocycles. The molecular weight excluding hydrogens is 386 g/mol. The Morgan fingerprint density at radius 3 is 2.57 bits per heavy atom. The number of rotatable bonds is 5. The summed E-state index contributed by atoms with van der Waals surface area (Å²) in [4.78, 5) is 27.6. The van der Waals surface area contributed by atoms with E-state index >= 15 is 0 Å². The van der Waals surface area contributed by atoms with Gasteiger partial charge in [-0.15, -0.1) is 0 Å². The average molecular weight is 403 g/mol. The second-order valence-electron chi connectivity index (χ2n) is 6.67. The highest BCUT2D eigenvalue weighted by atomic mass is 16.6. The lowest BCUT2D eigenvalue weighted by molar-refractivity contribution is -0.385. The van der Waals surface area contributed by atoms with E-state index in [1.165, 1.54) is 25.3 Å². The number of carbonyl (C=O) groups is 1. The zero-order valence-electron chi connectivity index (χ0n) is 16.2. The Morgan fingerprint density at radius 2 is 1.87 bits per heavy atom. The third-order valence-electron chi connectivity index (χ3n) is 4.58. The summed E-state index contributed by atoms with van der Waals surface area (Å²) >= 11 is 0. The lowest BCUT2D eigenvalue weighted by Crippen LogP contribution is -2.12. The molecule has 0 atom stereocenters. The Balaban J connectivity index is 1.59. The normalized spacial score (nSPS) is 10.7. The highest BCUT2D eigenvalue weighted by molar-refractivity contribution is 6.05. The molecule has 1 aromatic heterocycles. The third kappa shape index (κ3) is 3.70. The second kappa shape index (κ2) is 7.67. The molecule has 0 saturated heterocycles. The van der Waals surface area contributed by atoms with E-state index in [1.54, 1.807) is 18.2 Å². The van der Waals surface area contributed by atoms with Crippen molar-refractivity contribution in [2.45, 2.75) is 6.92 Å². The molecule has 0 bridgehead atoms. The average Bonchev–Trinajstić information content (AvgIpc) is 3.17. The number of nitrogens with one attached hydrogen (secondary N) is 1. The second-order valence-corrected chi connectivity index (χ2v) is 6.67. The molecule has 0 fully saturated rings. The van der Waals surface area contributed by atoms with Crippen LogP contribution in [0.1, 0.15) is 15.9 Å². The fourth-order valence-electron chi connectivity index (χ4n) is 3.00. The number of ether oxygens (including phenoxy) is 1. The monoisotopic (exact) mass is 403 g/mol. The zero-order valence-corrected chi connectivity index (χ0v) is 16.2. The summed E-state index contributed by atoms with van der Waals surface area (Å²) in [6.07, 6.45) is 0. The minimum Gasteiger partial charge on any atom is -0.490 e. The summed E-state index contributed by atoms with van der Waals surface area (Å²) in [5.74, 6) is 0.0887. The fourth-order valence-corrected chi connectivity index (χ4v) is 3.00. The van der Waals surface area contributed by atoms with E-state index in [9.17, 15) is 14.9 Å². The molecular formula is C22H17N3O5. The Morgan fingerprint density at radius 1 is 1.10 bits per heavy atom. The smallest absolute Gasteiger partial charge is 0.311 e. The first-order valence-corrected chi connectivity index (χ1v) is 9.06. The first kappa shape index (κ1) is 19.1. The van der Waals surface area contributed by atoms with E-state index in [-0.39, 0.29) is 17.0 Å². The van der Waals surface area contributed by atoms with Crippen LogP contribution < -0.4 is 10.1 Å². The van der Waals surface area contributed by atoms with Crippen molar-refractivity contribution >= 4 is 28.4 Å². The van der Waals surface area contributed by atoms with Gasteiger partial charge in [-0.25, -0.2) is 4.98 Å². The number of aryl methyl sites for hydroxylation is 1. The predicted molar refractivity (Wildman–Crippen MR) is 112 cm³/mol. The van der Waals surface area contributed by atoms with Crippen LogP contribution >= 0.6 is 0 Å². The Kier molecular flexibility index (Phi) is 4.89. The van der Waals surface area contributed by atoms with E-state index in [1.807, 2.05) is 31.2 Å². The van der Waals surface area contributed by atoms with Gasteiger partial charge in [-0.05, 0) is 49.4 Å². The molecule has 0 aliphatic heterocycles. The number of carbonyl (C=O) groups excluding carboxylic acids is 1. The number of nitrogens with zero attached hydrogens (tertiary/aromatic N) is 2. The van der Waals surface area contributed by atoms with Crippen molar-refractivity contribution in [2.24, 2.45) is 0 Å². The molecule has 4 rings (SSSR count). The van der Waals surface area contributed by atoms with Crippen LogP contribution in [0.25, 0.3) is 22.6 Å². The van der Waals surface area contributed by atoms with Crippen LogP contribution in [0.15, 0.2) is 65.1 Å². The summed E-state index contributed by atoms with van der Waals surface area (Å²) < 4.78 is 10.8. The van der Waals surface area contributed by atoms with Crippen molar-refractivity contribution in [3.63, 3.8) is 0 Å². The maximum atomic E-state index is 12.6. The van der Waals surface area contributed by atoms with Crippen molar-refractivity contribution in [2.75, 3.05) is 12.4 Å². The van der Waals surface area contributed by atoms with Crippen LogP contribution in [-0.4, -0.2) is 22.9 Å². The molecule has 8 nitrogen and oxygen atoms in total. The quantitative estimate of drug-likeness (QED) is 0.372. The largest absolute Gasteiger partial charge is 0.490 e. The minimum atomic E-state index is -0.594. The molecule has 1 N–H and O–H groups in total. The number of amides is 1. The number of aromatic nitrogens is 1. The van der Waals surface area contributed by atoms with E-state index in [4.69, 9.17) is 9.15 Å². The molecule has 0 aliphatic rings. The molecule has 0 radical (unpaired) electrons. The van der Waals surface area contributed by atoms with Gasteiger partial charge < -0.3 is 14.5 Å². The molecule has 30 heavy (non-hydrogen) atoms. The van der Waals surface area contributed by atoms with Gasteiger partial charge in [0.15, 0.2) is 11.3 Å². The van der Waals surface area contributed by atoms with Gasteiger partial charge in [-0.1, -0.05) is 17.7 Å². The first-order chi connectivity index (χ1) is 14.4. The Bertz CT molecular complexity index is 1260. The third-order valence-corrected chi connectivity index (χ3v) is 4.58. The molecule has 0 spiro atoms. The Hall–Kier alpha value is -4.20. The minimum absolute atomic E-state index is 0.0872. The SMILES string of the molecule is COc1ccc(C(=O)Nc2ccc3oc(-c4ccc(C)cc4)nc3c2)cc1[N+](=O)[O-]. The van der Waals surface area contributed by atoms with Gasteiger partial charge in [0.2, 0.25) is 5.89 Å². The molecule has 0 unspecified atom stereocenters. The number of oxazole rings is 1.